The van der Waals surface area contributed by atoms with Crippen molar-refractivity contribution < 1.29 is 19.1 Å². The van der Waals surface area contributed by atoms with Gasteiger partial charge in [0, 0.05) is 0 Å². The topological polar surface area (TPSA) is 72.6 Å². The van der Waals surface area contributed by atoms with Crippen molar-refractivity contribution in [3.05, 3.63) is 60.0 Å². The first-order valence-corrected chi connectivity index (χ1v) is 7.17. The zero-order valence-electron chi connectivity index (χ0n) is 11.9. The fraction of sp³-hybridized carbons (Fsp3) is 0.0588. The summed E-state index contributed by atoms with van der Waals surface area (Å²) in [6.07, 6.45) is 1.72. The van der Waals surface area contributed by atoms with E-state index in [0.717, 1.165) is 11.1 Å². The molecule has 1 N–H and O–H groups in total. The largest absolute Gasteiger partial charge is 0.482 e. The van der Waals surface area contributed by atoms with E-state index in [4.69, 9.17) is 25.9 Å². The third kappa shape index (κ3) is 3.70. The van der Waals surface area contributed by atoms with Crippen molar-refractivity contribution in [2.24, 2.45) is 0 Å². The van der Waals surface area contributed by atoms with Crippen molar-refractivity contribution in [2.45, 2.75) is 0 Å². The van der Waals surface area contributed by atoms with Gasteiger partial charge in [0.2, 0.25) is 5.89 Å². The van der Waals surface area contributed by atoms with Crippen LogP contribution in [0.1, 0.15) is 11.5 Å². The van der Waals surface area contributed by atoms with Gasteiger partial charge in [-0.1, -0.05) is 35.9 Å². The Labute approximate surface area is 136 Å². The Bertz CT molecular complexity index is 835. The quantitative estimate of drug-likeness (QED) is 0.765. The Kier molecular flexibility index (Phi) is 4.30. The van der Waals surface area contributed by atoms with Crippen LogP contribution in [0.2, 0.25) is 0 Å². The lowest BCUT2D eigenvalue weighted by molar-refractivity contribution is -0.139. The van der Waals surface area contributed by atoms with Crippen LogP contribution in [-0.4, -0.2) is 22.7 Å². The Hall–Kier alpha value is -2.79. The summed E-state index contributed by atoms with van der Waals surface area (Å²) in [7, 11) is 0. The Morgan fingerprint density at radius 2 is 1.96 bits per heavy atom. The van der Waals surface area contributed by atoms with E-state index in [1.807, 2.05) is 24.3 Å². The molecule has 0 unspecified atom stereocenters. The Morgan fingerprint density at radius 1 is 1.22 bits per heavy atom. The predicted octanol–water partition coefficient (Wildman–Crippen LogP) is 4.03. The average Bonchev–Trinajstić information content (AvgIpc) is 2.98. The molecule has 0 saturated carbocycles. The van der Waals surface area contributed by atoms with E-state index < -0.39 is 5.97 Å². The molecule has 0 amide bonds. The molecule has 3 rings (SSSR count). The van der Waals surface area contributed by atoms with Gasteiger partial charge >= 0.3 is 5.97 Å². The van der Waals surface area contributed by atoms with Crippen LogP contribution in [-0.2, 0) is 4.79 Å². The molecule has 0 atom stereocenters. The SMILES string of the molecule is O=C(O)COc1ccc(/C=C(\Cl)c2nc3ccccc3o2)cc1. The number of aliphatic carboxylic acids is 1. The van der Waals surface area contributed by atoms with Crippen molar-refractivity contribution in [1.29, 1.82) is 0 Å². The normalized spacial score (nSPS) is 11.6. The number of para-hydroxylation sites is 2. The molecule has 0 saturated heterocycles. The second-order valence-corrected chi connectivity index (χ2v) is 5.14. The molecular weight excluding hydrogens is 318 g/mol. The number of oxazole rings is 1. The average molecular weight is 330 g/mol. The minimum Gasteiger partial charge on any atom is -0.482 e. The van der Waals surface area contributed by atoms with E-state index in [0.29, 0.717) is 22.3 Å². The van der Waals surface area contributed by atoms with Crippen LogP contribution in [0.25, 0.3) is 22.2 Å². The number of carbonyl (C=O) groups is 1. The number of aromatic nitrogens is 1. The van der Waals surface area contributed by atoms with Crippen LogP contribution < -0.4 is 4.74 Å². The molecule has 0 fully saturated rings. The van der Waals surface area contributed by atoms with Crippen LogP contribution in [0.4, 0.5) is 0 Å². The van der Waals surface area contributed by atoms with Crippen molar-refractivity contribution in [2.75, 3.05) is 6.61 Å². The second kappa shape index (κ2) is 6.54. The first kappa shape index (κ1) is 15.1. The third-order valence-electron chi connectivity index (χ3n) is 3.03. The molecular formula is C17H12ClNO4. The Balaban J connectivity index is 1.78. The molecule has 2 aromatic carbocycles. The van der Waals surface area contributed by atoms with Crippen molar-refractivity contribution >= 4 is 39.8 Å². The number of carboxylic acids is 1. The lowest BCUT2D eigenvalue weighted by atomic mass is 10.2. The summed E-state index contributed by atoms with van der Waals surface area (Å²) >= 11 is 6.25. The molecule has 5 nitrogen and oxygen atoms in total. The molecule has 3 aromatic rings. The fourth-order valence-electron chi connectivity index (χ4n) is 1.99. The first-order valence-electron chi connectivity index (χ1n) is 6.79. The molecule has 0 aliphatic rings. The summed E-state index contributed by atoms with van der Waals surface area (Å²) in [5, 5.41) is 8.94. The Morgan fingerprint density at radius 3 is 2.65 bits per heavy atom. The maximum atomic E-state index is 10.4. The summed E-state index contributed by atoms with van der Waals surface area (Å²) in [6.45, 7) is -0.376. The van der Waals surface area contributed by atoms with Gasteiger partial charge in [-0.2, -0.15) is 0 Å². The maximum absolute atomic E-state index is 10.4. The summed E-state index contributed by atoms with van der Waals surface area (Å²) in [4.78, 5) is 14.8. The van der Waals surface area contributed by atoms with Crippen LogP contribution in [0.5, 0.6) is 5.75 Å². The second-order valence-electron chi connectivity index (χ2n) is 4.73. The van der Waals surface area contributed by atoms with Gasteiger partial charge in [-0.15, -0.1) is 0 Å². The van der Waals surface area contributed by atoms with Crippen molar-refractivity contribution in [1.82, 2.24) is 4.98 Å². The highest BCUT2D eigenvalue weighted by atomic mass is 35.5. The number of carboxylic acid groups (broad SMARTS) is 1. The van der Waals surface area contributed by atoms with Gasteiger partial charge in [0.25, 0.3) is 0 Å². The lowest BCUT2D eigenvalue weighted by Crippen LogP contribution is -2.09. The third-order valence-corrected chi connectivity index (χ3v) is 3.30. The standard InChI is InChI=1S/C17H12ClNO4/c18-13(17-19-14-3-1-2-4-15(14)23-17)9-11-5-7-12(8-6-11)22-10-16(20)21/h1-9H,10H2,(H,20,21)/b13-9-. The molecule has 116 valence electrons. The van der Waals surface area contributed by atoms with Crippen molar-refractivity contribution in [3.63, 3.8) is 0 Å². The monoisotopic (exact) mass is 329 g/mol. The van der Waals surface area contributed by atoms with E-state index in [9.17, 15) is 4.79 Å². The fourth-order valence-corrected chi connectivity index (χ4v) is 2.19. The van der Waals surface area contributed by atoms with E-state index in [-0.39, 0.29) is 6.61 Å². The number of benzene rings is 2. The number of fused-ring (bicyclic) bond motifs is 1. The zero-order chi connectivity index (χ0) is 16.2. The number of ether oxygens (including phenoxy) is 1. The number of halogens is 1. The van der Waals surface area contributed by atoms with Crippen LogP contribution >= 0.6 is 11.6 Å². The molecule has 0 aliphatic heterocycles. The highest BCUT2D eigenvalue weighted by Crippen LogP contribution is 2.26. The smallest absolute Gasteiger partial charge is 0.341 e. The highest BCUT2D eigenvalue weighted by Gasteiger charge is 2.08. The first-order chi connectivity index (χ1) is 11.1. The highest BCUT2D eigenvalue weighted by molar-refractivity contribution is 6.50. The van der Waals surface area contributed by atoms with Crippen LogP contribution in [0, 0.1) is 0 Å². The maximum Gasteiger partial charge on any atom is 0.341 e. The van der Waals surface area contributed by atoms with Crippen molar-refractivity contribution in [3.8, 4) is 5.75 Å². The number of hydrogen-bond donors (Lipinski definition) is 1. The van der Waals surface area contributed by atoms with E-state index in [2.05, 4.69) is 4.98 Å². The lowest BCUT2D eigenvalue weighted by Gasteiger charge is -2.03. The minimum atomic E-state index is -1.02. The van der Waals surface area contributed by atoms with Gasteiger partial charge in [-0.25, -0.2) is 9.78 Å². The molecule has 0 radical (unpaired) electrons. The van der Waals surface area contributed by atoms with Crippen LogP contribution in [0.3, 0.4) is 0 Å². The molecule has 1 aromatic heterocycles. The van der Waals surface area contributed by atoms with E-state index in [1.54, 1.807) is 30.3 Å². The molecule has 0 spiro atoms. The number of rotatable bonds is 5. The van der Waals surface area contributed by atoms with Gasteiger partial charge in [-0.3, -0.25) is 0 Å². The molecule has 6 heteroatoms. The van der Waals surface area contributed by atoms with Gasteiger partial charge in [-0.05, 0) is 35.9 Å². The number of hydrogen-bond acceptors (Lipinski definition) is 4. The van der Waals surface area contributed by atoms with Crippen LogP contribution in [0.15, 0.2) is 52.9 Å². The summed E-state index contributed by atoms with van der Waals surface area (Å²) in [5.41, 5.74) is 2.23. The molecule has 0 bridgehead atoms. The number of nitrogens with zero attached hydrogens (tertiary/aromatic N) is 1. The summed E-state index contributed by atoms with van der Waals surface area (Å²) in [6, 6.07) is 14.3. The van der Waals surface area contributed by atoms with Gasteiger partial charge in [0.15, 0.2) is 12.2 Å². The predicted molar refractivity (Wildman–Crippen MR) is 87.3 cm³/mol. The minimum absolute atomic E-state index is 0.346. The van der Waals surface area contributed by atoms with Gasteiger partial charge < -0.3 is 14.3 Å². The molecule has 23 heavy (non-hydrogen) atoms. The van der Waals surface area contributed by atoms with E-state index >= 15 is 0 Å². The molecule has 1 heterocycles. The summed E-state index contributed by atoms with van der Waals surface area (Å²) < 4.78 is 10.7. The molecule has 0 aliphatic carbocycles. The van der Waals surface area contributed by atoms with E-state index in [1.165, 1.54) is 0 Å². The zero-order valence-corrected chi connectivity index (χ0v) is 12.7. The summed E-state index contributed by atoms with van der Waals surface area (Å²) in [5.74, 6) is -0.199. The van der Waals surface area contributed by atoms with Gasteiger partial charge in [0.05, 0.1) is 0 Å². The van der Waals surface area contributed by atoms with Gasteiger partial charge in [0.1, 0.15) is 16.3 Å².